The second-order valence-corrected chi connectivity index (χ2v) is 9.60. The van der Waals surface area contributed by atoms with Crippen LogP contribution >= 0.6 is 11.8 Å². The highest BCUT2D eigenvalue weighted by Crippen LogP contribution is 2.32. The molecule has 0 bridgehead atoms. The largest absolute Gasteiger partial charge is 0.378 e. The zero-order chi connectivity index (χ0) is 24.1. The predicted molar refractivity (Wildman–Crippen MR) is 140 cm³/mol. The molecule has 0 unspecified atom stereocenters. The van der Waals surface area contributed by atoms with Crippen LogP contribution in [0.15, 0.2) is 64.2 Å². The van der Waals surface area contributed by atoms with Crippen LogP contribution in [0.3, 0.4) is 0 Å². The van der Waals surface area contributed by atoms with Gasteiger partial charge in [-0.2, -0.15) is 10.0 Å². The molecule has 1 amide bonds. The Hall–Kier alpha value is -3.69. The summed E-state index contributed by atoms with van der Waals surface area (Å²) in [6, 6.07) is 16.6. The monoisotopic (exact) mass is 484 g/mol. The highest BCUT2D eigenvalue weighted by molar-refractivity contribution is 8.26. The number of thioether (sulfide) groups is 1. The smallest absolute Gasteiger partial charge is 0.283 e. The third kappa shape index (κ3) is 3.67. The lowest BCUT2D eigenvalue weighted by Gasteiger charge is -2.26. The van der Waals surface area contributed by atoms with Gasteiger partial charge in [0, 0.05) is 29.9 Å². The third-order valence-electron chi connectivity index (χ3n) is 6.50. The molecule has 1 N–H and O–H groups in total. The first-order valence-electron chi connectivity index (χ1n) is 11.5. The number of amides is 1. The van der Waals surface area contributed by atoms with Crippen LogP contribution in [-0.4, -0.2) is 62.9 Å². The van der Waals surface area contributed by atoms with Gasteiger partial charge in [-0.15, -0.1) is 5.10 Å². The molecule has 0 saturated carbocycles. The molecule has 3 aliphatic heterocycles. The van der Waals surface area contributed by atoms with Crippen LogP contribution < -0.4 is 0 Å². The Labute approximate surface area is 207 Å². The fraction of sp³-hybridized carbons (Fsp3) is 0.231. The summed E-state index contributed by atoms with van der Waals surface area (Å²) in [4.78, 5) is 19.3. The number of carbonyl (C=O) groups is 1. The van der Waals surface area contributed by atoms with Gasteiger partial charge in [-0.05, 0) is 54.8 Å². The quantitative estimate of drug-likeness (QED) is 0.552. The number of hydrogen-bond acceptors (Lipinski definition) is 6. The minimum atomic E-state index is -0.415. The molecule has 3 aliphatic rings. The summed E-state index contributed by atoms with van der Waals surface area (Å²) >= 11 is 1.33. The van der Waals surface area contributed by atoms with Gasteiger partial charge in [0.15, 0.2) is 11.0 Å². The van der Waals surface area contributed by atoms with Crippen molar-refractivity contribution in [2.24, 2.45) is 10.1 Å². The van der Waals surface area contributed by atoms with Gasteiger partial charge in [0.25, 0.3) is 5.91 Å². The van der Waals surface area contributed by atoms with Crippen LogP contribution in [0.25, 0.3) is 22.5 Å². The van der Waals surface area contributed by atoms with Crippen molar-refractivity contribution in [3.63, 3.8) is 0 Å². The number of amidine groups is 3. The molecular formula is C26H24N6O2S. The van der Waals surface area contributed by atoms with E-state index >= 15 is 0 Å². The average molecular weight is 485 g/mol. The van der Waals surface area contributed by atoms with Gasteiger partial charge < -0.3 is 14.2 Å². The van der Waals surface area contributed by atoms with Crippen molar-refractivity contribution < 1.29 is 9.53 Å². The molecule has 1 aromatic heterocycles. The van der Waals surface area contributed by atoms with E-state index in [9.17, 15) is 4.79 Å². The molecule has 2 aromatic carbocycles. The summed E-state index contributed by atoms with van der Waals surface area (Å²) in [5.41, 5.74) is 4.25. The molecule has 176 valence electrons. The molecule has 0 radical (unpaired) electrons. The number of ether oxygens (including phenoxy) is 1. The van der Waals surface area contributed by atoms with Crippen molar-refractivity contribution in [1.29, 1.82) is 5.41 Å². The number of hydrazone groups is 1. The first-order valence-corrected chi connectivity index (χ1v) is 12.3. The Kier molecular flexibility index (Phi) is 5.31. The molecule has 1 saturated heterocycles. The van der Waals surface area contributed by atoms with Crippen molar-refractivity contribution >= 4 is 50.7 Å². The van der Waals surface area contributed by atoms with Gasteiger partial charge in [-0.3, -0.25) is 10.2 Å². The number of hydrogen-bond donors (Lipinski definition) is 1. The van der Waals surface area contributed by atoms with Gasteiger partial charge >= 0.3 is 0 Å². The molecule has 0 spiro atoms. The van der Waals surface area contributed by atoms with E-state index in [0.717, 1.165) is 46.3 Å². The van der Waals surface area contributed by atoms with Gasteiger partial charge in [0.05, 0.1) is 24.5 Å². The predicted octanol–water partition coefficient (Wildman–Crippen LogP) is 4.16. The van der Waals surface area contributed by atoms with Crippen LogP contribution in [0, 0.1) is 19.3 Å². The maximum absolute atomic E-state index is 13.0. The molecule has 9 heteroatoms. The van der Waals surface area contributed by atoms with E-state index in [2.05, 4.69) is 56.8 Å². The van der Waals surface area contributed by atoms with Gasteiger partial charge in [0.2, 0.25) is 5.17 Å². The number of aryl methyl sites for hydroxylation is 1. The van der Waals surface area contributed by atoms with E-state index in [0.29, 0.717) is 18.4 Å². The number of carbonyl (C=O) groups excluding carboxylic acids is 1. The fourth-order valence-electron chi connectivity index (χ4n) is 4.73. The SMILES string of the molecule is Cc1cc(/C=C2\C(=N)N3N=C(N4CCOCC4)SC3=NC2=O)c(C)n1-c1cccc2ccccc12. The topological polar surface area (TPSA) is 86.3 Å². The number of fused-ring (bicyclic) bond motifs is 2. The molecule has 3 aromatic rings. The second kappa shape index (κ2) is 8.51. The number of aliphatic imine (C=N–C) groups is 1. The number of aromatic nitrogens is 1. The molecular weight excluding hydrogens is 460 g/mol. The van der Waals surface area contributed by atoms with Crippen molar-refractivity contribution in [3.05, 3.63) is 71.1 Å². The summed E-state index contributed by atoms with van der Waals surface area (Å²) in [7, 11) is 0. The van der Waals surface area contributed by atoms with E-state index in [1.165, 1.54) is 22.2 Å². The number of nitrogens with zero attached hydrogens (tertiary/aromatic N) is 5. The number of benzene rings is 2. The number of morpholine rings is 1. The first kappa shape index (κ1) is 21.8. The van der Waals surface area contributed by atoms with Crippen LogP contribution in [0.4, 0.5) is 0 Å². The van der Waals surface area contributed by atoms with Crippen molar-refractivity contribution in [2.75, 3.05) is 26.3 Å². The molecule has 35 heavy (non-hydrogen) atoms. The van der Waals surface area contributed by atoms with Crippen LogP contribution in [-0.2, 0) is 9.53 Å². The lowest BCUT2D eigenvalue weighted by molar-refractivity contribution is -0.114. The molecule has 1 fully saturated rings. The summed E-state index contributed by atoms with van der Waals surface area (Å²) in [6.45, 7) is 6.83. The van der Waals surface area contributed by atoms with Crippen molar-refractivity contribution in [2.45, 2.75) is 13.8 Å². The van der Waals surface area contributed by atoms with Gasteiger partial charge in [-0.25, -0.2) is 0 Å². The Morgan fingerprint density at radius 1 is 1.06 bits per heavy atom. The van der Waals surface area contributed by atoms with Crippen molar-refractivity contribution in [3.8, 4) is 5.69 Å². The Morgan fingerprint density at radius 3 is 2.66 bits per heavy atom. The zero-order valence-electron chi connectivity index (χ0n) is 19.5. The molecule has 4 heterocycles. The van der Waals surface area contributed by atoms with E-state index in [1.807, 2.05) is 25.1 Å². The molecule has 8 nitrogen and oxygen atoms in total. The lowest BCUT2D eigenvalue weighted by Crippen LogP contribution is -2.39. The minimum absolute atomic E-state index is 0.0470. The number of rotatable bonds is 2. The first-order chi connectivity index (χ1) is 17.0. The second-order valence-electron chi connectivity index (χ2n) is 8.66. The third-order valence-corrected chi connectivity index (χ3v) is 7.47. The van der Waals surface area contributed by atoms with E-state index in [1.54, 1.807) is 6.08 Å². The fourth-order valence-corrected chi connectivity index (χ4v) is 5.67. The van der Waals surface area contributed by atoms with Crippen molar-refractivity contribution in [1.82, 2.24) is 14.5 Å². The zero-order valence-corrected chi connectivity index (χ0v) is 20.3. The summed E-state index contributed by atoms with van der Waals surface area (Å²) in [6.07, 6.45) is 1.77. The van der Waals surface area contributed by atoms with Crippen LogP contribution in [0.1, 0.15) is 17.0 Å². The maximum Gasteiger partial charge on any atom is 0.283 e. The number of nitrogens with one attached hydrogen (secondary N) is 1. The minimum Gasteiger partial charge on any atom is -0.378 e. The lowest BCUT2D eigenvalue weighted by atomic mass is 10.1. The summed E-state index contributed by atoms with van der Waals surface area (Å²) < 4.78 is 7.62. The average Bonchev–Trinajstić information content (AvgIpc) is 3.42. The Balaban J connectivity index is 1.37. The summed E-state index contributed by atoms with van der Waals surface area (Å²) in [5.74, 6) is -0.368. The maximum atomic E-state index is 13.0. The van der Waals surface area contributed by atoms with Crippen LogP contribution in [0.5, 0.6) is 0 Å². The van der Waals surface area contributed by atoms with Crippen LogP contribution in [0.2, 0.25) is 0 Å². The Bertz CT molecular complexity index is 1470. The Morgan fingerprint density at radius 2 is 1.83 bits per heavy atom. The van der Waals surface area contributed by atoms with Gasteiger partial charge in [0.1, 0.15) is 0 Å². The highest BCUT2D eigenvalue weighted by atomic mass is 32.2. The summed E-state index contributed by atoms with van der Waals surface area (Å²) in [5, 5.41) is 18.3. The standard InChI is InChI=1S/C26H24N6O2S/c1-16-14-19(17(2)31(16)22-9-5-7-18-6-3-4-8-20(18)22)15-21-23(27)32-25(28-24(21)33)35-26(29-32)30-10-12-34-13-11-30/h3-9,14-15,27H,10-13H2,1-2H3/b21-15+,27-23?. The molecule has 6 rings (SSSR count). The molecule has 0 atom stereocenters. The van der Waals surface area contributed by atoms with Gasteiger partial charge in [-0.1, -0.05) is 36.4 Å². The highest BCUT2D eigenvalue weighted by Gasteiger charge is 2.37. The van der Waals surface area contributed by atoms with E-state index < -0.39 is 5.91 Å². The van der Waals surface area contributed by atoms with E-state index in [-0.39, 0.29) is 11.4 Å². The normalized spacial score (nSPS) is 19.4. The molecule has 0 aliphatic carbocycles. The van der Waals surface area contributed by atoms with E-state index in [4.69, 9.17) is 10.1 Å².